The summed E-state index contributed by atoms with van der Waals surface area (Å²) < 4.78 is 75.5. The summed E-state index contributed by atoms with van der Waals surface area (Å²) in [6.07, 6.45) is -11.2. The summed E-state index contributed by atoms with van der Waals surface area (Å²) in [5, 5.41) is 9.68. The third-order valence-electron chi connectivity index (χ3n) is 3.95. The predicted octanol–water partition coefficient (Wildman–Crippen LogP) is 4.88. The maximum absolute atomic E-state index is 12.6. The molecule has 0 aromatic carbocycles. The number of aromatic nitrogens is 1. The van der Waals surface area contributed by atoms with Crippen LogP contribution in [0.5, 0.6) is 0 Å². The molecule has 0 aliphatic heterocycles. The van der Waals surface area contributed by atoms with Crippen LogP contribution in [0.25, 0.3) is 0 Å². The molecule has 1 unspecified atom stereocenters. The number of rotatable bonds is 2. The van der Waals surface area contributed by atoms with Crippen molar-refractivity contribution < 1.29 is 31.4 Å². The van der Waals surface area contributed by atoms with Gasteiger partial charge in [-0.15, -0.1) is 11.3 Å². The minimum Gasteiger partial charge on any atom is -0.379 e. The van der Waals surface area contributed by atoms with Gasteiger partial charge in [0.1, 0.15) is 0 Å². The summed E-state index contributed by atoms with van der Waals surface area (Å²) >= 11 is 0.747. The lowest BCUT2D eigenvalue weighted by molar-refractivity contribution is -0.205. The molecule has 2 nitrogen and oxygen atoms in total. The van der Waals surface area contributed by atoms with Gasteiger partial charge in [0.15, 0.2) is 6.10 Å². The molecule has 9 heteroatoms. The third-order valence-corrected chi connectivity index (χ3v) is 5.32. The summed E-state index contributed by atoms with van der Waals surface area (Å²) in [5.74, 6) is -1.61. The van der Waals surface area contributed by atoms with Crippen LogP contribution in [0.2, 0.25) is 0 Å². The highest BCUT2D eigenvalue weighted by Gasteiger charge is 2.44. The van der Waals surface area contributed by atoms with Gasteiger partial charge in [-0.05, 0) is 32.6 Å². The van der Waals surface area contributed by atoms with Crippen molar-refractivity contribution >= 4 is 11.3 Å². The first kappa shape index (κ1) is 17.5. The molecule has 1 aromatic rings. The number of aliphatic hydroxyl groups is 1. The van der Waals surface area contributed by atoms with E-state index in [0.29, 0.717) is 5.01 Å². The van der Waals surface area contributed by atoms with E-state index in [4.69, 9.17) is 0 Å². The Morgan fingerprint density at radius 2 is 1.64 bits per heavy atom. The molecule has 22 heavy (non-hydrogen) atoms. The average Bonchev–Trinajstić information content (AvgIpc) is 2.78. The number of alkyl halides is 6. The average molecular weight is 347 g/mol. The molecule has 1 aliphatic carbocycles. The Hall–Kier alpha value is -0.830. The highest BCUT2D eigenvalue weighted by molar-refractivity contribution is 7.11. The second-order valence-corrected chi connectivity index (χ2v) is 6.60. The van der Waals surface area contributed by atoms with E-state index >= 15 is 0 Å². The normalized spacial score (nSPS) is 25.3. The minimum atomic E-state index is -4.78. The van der Waals surface area contributed by atoms with Crippen molar-refractivity contribution in [2.24, 2.45) is 5.92 Å². The molecule has 1 aromatic heterocycles. The molecule has 1 aliphatic rings. The van der Waals surface area contributed by atoms with Crippen LogP contribution in [0.4, 0.5) is 26.3 Å². The summed E-state index contributed by atoms with van der Waals surface area (Å²) in [4.78, 5) is 3.76. The van der Waals surface area contributed by atoms with Crippen LogP contribution >= 0.6 is 11.3 Å². The first-order valence-corrected chi connectivity index (χ1v) is 7.60. The molecule has 2 rings (SSSR count). The zero-order valence-electron chi connectivity index (χ0n) is 11.6. The fourth-order valence-electron chi connectivity index (χ4n) is 2.67. The van der Waals surface area contributed by atoms with Crippen molar-refractivity contribution in [1.82, 2.24) is 4.98 Å². The Balaban J connectivity index is 2.10. The van der Waals surface area contributed by atoms with Crippen LogP contribution in [0, 0.1) is 12.8 Å². The van der Waals surface area contributed by atoms with Crippen molar-refractivity contribution in [2.75, 3.05) is 0 Å². The highest BCUT2D eigenvalue weighted by Crippen LogP contribution is 2.45. The standard InChI is InChI=1S/C13H15F6NOS/c1-6-9(10(21)13(17,18)19)22-11(20-6)7-2-4-8(5-3-7)12(14,15)16/h7-8,10,21H,2-5H2,1H3. The number of hydrogen-bond acceptors (Lipinski definition) is 3. The zero-order chi connectivity index (χ0) is 16.7. The second kappa shape index (κ2) is 5.99. The fourth-order valence-corrected chi connectivity index (χ4v) is 3.92. The minimum absolute atomic E-state index is 0.0377. The van der Waals surface area contributed by atoms with Gasteiger partial charge in [-0.1, -0.05) is 0 Å². The lowest BCUT2D eigenvalue weighted by atomic mass is 9.82. The van der Waals surface area contributed by atoms with E-state index in [-0.39, 0.29) is 42.2 Å². The monoisotopic (exact) mass is 347 g/mol. The number of aliphatic hydroxyl groups excluding tert-OH is 1. The Morgan fingerprint density at radius 1 is 1.09 bits per heavy atom. The number of halogens is 6. The second-order valence-electron chi connectivity index (χ2n) is 5.54. The van der Waals surface area contributed by atoms with Crippen LogP contribution < -0.4 is 0 Å². The van der Waals surface area contributed by atoms with Gasteiger partial charge < -0.3 is 5.11 Å². The van der Waals surface area contributed by atoms with E-state index in [0.717, 1.165) is 11.3 Å². The summed E-state index contributed by atoms with van der Waals surface area (Å²) in [6.45, 7) is 1.37. The van der Waals surface area contributed by atoms with Gasteiger partial charge in [-0.25, -0.2) is 4.98 Å². The smallest absolute Gasteiger partial charge is 0.379 e. The number of nitrogens with zero attached hydrogens (tertiary/aromatic N) is 1. The van der Waals surface area contributed by atoms with E-state index in [1.54, 1.807) is 0 Å². The SMILES string of the molecule is Cc1nc(C2CCC(C(F)(F)F)CC2)sc1C(O)C(F)(F)F. The maximum Gasteiger partial charge on any atom is 0.419 e. The van der Waals surface area contributed by atoms with E-state index in [2.05, 4.69) is 4.98 Å². The van der Waals surface area contributed by atoms with Gasteiger partial charge in [0.05, 0.1) is 21.5 Å². The molecule has 1 N–H and O–H groups in total. The summed E-state index contributed by atoms with van der Waals surface area (Å²) in [6, 6.07) is 0. The Morgan fingerprint density at radius 3 is 2.09 bits per heavy atom. The van der Waals surface area contributed by atoms with Crippen LogP contribution in [0.15, 0.2) is 0 Å². The molecule has 1 fully saturated rings. The predicted molar refractivity (Wildman–Crippen MR) is 68.6 cm³/mol. The van der Waals surface area contributed by atoms with Crippen molar-refractivity contribution in [3.05, 3.63) is 15.6 Å². The van der Waals surface area contributed by atoms with E-state index in [9.17, 15) is 31.4 Å². The Labute approximate surface area is 127 Å². The van der Waals surface area contributed by atoms with Crippen LogP contribution in [0.1, 0.15) is 53.3 Å². The van der Waals surface area contributed by atoms with Crippen LogP contribution in [-0.2, 0) is 0 Å². The molecule has 0 radical (unpaired) electrons. The Bertz CT molecular complexity index is 516. The van der Waals surface area contributed by atoms with Gasteiger partial charge in [-0.2, -0.15) is 26.3 Å². The fraction of sp³-hybridized carbons (Fsp3) is 0.769. The van der Waals surface area contributed by atoms with Gasteiger partial charge >= 0.3 is 12.4 Å². The molecular formula is C13H15F6NOS. The summed E-state index contributed by atoms with van der Waals surface area (Å²) in [5.41, 5.74) is 0.0859. The van der Waals surface area contributed by atoms with Crippen molar-refractivity contribution in [1.29, 1.82) is 0 Å². The van der Waals surface area contributed by atoms with E-state index in [1.165, 1.54) is 6.92 Å². The van der Waals surface area contributed by atoms with Gasteiger partial charge in [0.2, 0.25) is 0 Å². The number of hydrogen-bond donors (Lipinski definition) is 1. The lowest BCUT2D eigenvalue weighted by Gasteiger charge is -2.28. The Kier molecular flexibility index (Phi) is 4.77. The van der Waals surface area contributed by atoms with Crippen LogP contribution in [-0.4, -0.2) is 22.4 Å². The van der Waals surface area contributed by atoms with Crippen molar-refractivity contribution in [3.8, 4) is 0 Å². The van der Waals surface area contributed by atoms with Crippen molar-refractivity contribution in [3.63, 3.8) is 0 Å². The molecule has 0 saturated heterocycles. The first-order chi connectivity index (χ1) is 10.00. The molecule has 1 heterocycles. The maximum atomic E-state index is 12.6. The molecule has 1 atom stereocenters. The van der Waals surface area contributed by atoms with E-state index in [1.807, 2.05) is 0 Å². The quantitative estimate of drug-likeness (QED) is 0.773. The molecule has 126 valence electrons. The van der Waals surface area contributed by atoms with Gasteiger partial charge in [-0.3, -0.25) is 0 Å². The summed E-state index contributed by atoms with van der Waals surface area (Å²) in [7, 11) is 0. The largest absolute Gasteiger partial charge is 0.419 e. The van der Waals surface area contributed by atoms with E-state index < -0.39 is 24.4 Å². The number of thiazole rings is 1. The highest BCUT2D eigenvalue weighted by atomic mass is 32.1. The van der Waals surface area contributed by atoms with Gasteiger partial charge in [0.25, 0.3) is 0 Å². The van der Waals surface area contributed by atoms with Crippen molar-refractivity contribution in [2.45, 2.75) is 57.0 Å². The first-order valence-electron chi connectivity index (χ1n) is 6.79. The number of aryl methyl sites for hydroxylation is 1. The molecule has 1 saturated carbocycles. The molecule has 0 bridgehead atoms. The van der Waals surface area contributed by atoms with Crippen LogP contribution in [0.3, 0.4) is 0 Å². The molecule has 0 spiro atoms. The molecular weight excluding hydrogens is 332 g/mol. The zero-order valence-corrected chi connectivity index (χ0v) is 12.4. The third kappa shape index (κ3) is 3.73. The topological polar surface area (TPSA) is 33.1 Å². The molecule has 0 amide bonds. The lowest BCUT2D eigenvalue weighted by Crippen LogP contribution is -2.27. The van der Waals surface area contributed by atoms with Gasteiger partial charge in [0, 0.05) is 5.92 Å².